The fraction of sp³-hybridized carbons (Fsp3) is 0.636. The molecule has 0 unspecified atom stereocenters. The number of ether oxygens (including phenoxy) is 2. The molecule has 1 aliphatic carbocycles. The smallest absolute Gasteiger partial charge is 0.302 e. The Kier molecular flexibility index (Phi) is 3.03. The number of amidine groups is 1. The van der Waals surface area contributed by atoms with Crippen LogP contribution in [0.15, 0.2) is 4.99 Å². The second kappa shape index (κ2) is 4.31. The monoisotopic (exact) mass is 222 g/mol. The Morgan fingerprint density at radius 3 is 2.94 bits per heavy atom. The van der Waals surface area contributed by atoms with Gasteiger partial charge in [-0.3, -0.25) is 4.79 Å². The zero-order valence-electron chi connectivity index (χ0n) is 9.56. The lowest BCUT2D eigenvalue weighted by atomic mass is 10.1. The van der Waals surface area contributed by atoms with Crippen molar-refractivity contribution in [2.24, 2.45) is 10.9 Å². The molecule has 16 heavy (non-hydrogen) atoms. The van der Waals surface area contributed by atoms with E-state index in [2.05, 4.69) is 17.8 Å². The standard InChI is InChI=1S/C11H14N2O3/c1-7(14)15-6-8-4-5-9-10(8)16-11(12-9)13(2)3/h8-10H,6H2,1-3H3/t8-,9-,10-/m0/s1. The Morgan fingerprint density at radius 1 is 1.56 bits per heavy atom. The van der Waals surface area contributed by atoms with E-state index in [4.69, 9.17) is 9.47 Å². The van der Waals surface area contributed by atoms with Gasteiger partial charge in [0.25, 0.3) is 6.02 Å². The molecular weight excluding hydrogens is 208 g/mol. The highest BCUT2D eigenvalue weighted by molar-refractivity contribution is 5.76. The molecule has 5 nitrogen and oxygen atoms in total. The summed E-state index contributed by atoms with van der Waals surface area (Å²) < 4.78 is 10.6. The summed E-state index contributed by atoms with van der Waals surface area (Å²) >= 11 is 0. The highest BCUT2D eigenvalue weighted by Crippen LogP contribution is 2.33. The molecule has 86 valence electrons. The Labute approximate surface area is 95.4 Å². The Balaban J connectivity index is 1.91. The lowest BCUT2D eigenvalue weighted by molar-refractivity contribution is -0.142. The number of esters is 1. The van der Waals surface area contributed by atoms with Crippen LogP contribution >= 0.6 is 0 Å². The molecule has 5 heteroatoms. The zero-order chi connectivity index (χ0) is 11.7. The zero-order valence-corrected chi connectivity index (χ0v) is 9.56. The molecule has 4 radical (unpaired) electrons. The molecule has 1 saturated carbocycles. The van der Waals surface area contributed by atoms with Gasteiger partial charge < -0.3 is 14.4 Å². The number of rotatable bonds is 2. The van der Waals surface area contributed by atoms with E-state index < -0.39 is 0 Å². The minimum Gasteiger partial charge on any atom is -0.465 e. The van der Waals surface area contributed by atoms with Crippen LogP contribution < -0.4 is 0 Å². The lowest BCUT2D eigenvalue weighted by Crippen LogP contribution is -2.30. The fourth-order valence-electron chi connectivity index (χ4n) is 1.66. The van der Waals surface area contributed by atoms with Crippen molar-refractivity contribution in [2.75, 3.05) is 20.7 Å². The van der Waals surface area contributed by atoms with Gasteiger partial charge in [-0.05, 0) is 0 Å². The van der Waals surface area contributed by atoms with Crippen LogP contribution in [0.3, 0.4) is 0 Å². The van der Waals surface area contributed by atoms with Gasteiger partial charge in [-0.1, -0.05) is 0 Å². The van der Waals surface area contributed by atoms with Crippen molar-refractivity contribution in [1.29, 1.82) is 0 Å². The van der Waals surface area contributed by atoms with Crippen LogP contribution in [0.1, 0.15) is 6.92 Å². The van der Waals surface area contributed by atoms with E-state index in [0.717, 1.165) is 0 Å². The van der Waals surface area contributed by atoms with E-state index in [-0.39, 0.29) is 30.6 Å². The Hall–Kier alpha value is -1.26. The molecule has 1 heterocycles. The highest BCUT2D eigenvalue weighted by Gasteiger charge is 2.44. The first-order valence-corrected chi connectivity index (χ1v) is 5.14. The third-order valence-electron chi connectivity index (χ3n) is 2.46. The summed E-state index contributed by atoms with van der Waals surface area (Å²) in [5.41, 5.74) is 0. The molecule has 2 rings (SSSR count). The molecule has 0 N–H and O–H groups in total. The van der Waals surface area contributed by atoms with E-state index in [9.17, 15) is 4.79 Å². The number of nitrogens with zero attached hydrogens (tertiary/aromatic N) is 2. The molecule has 0 aromatic rings. The van der Waals surface area contributed by atoms with Crippen molar-refractivity contribution in [3.63, 3.8) is 0 Å². The summed E-state index contributed by atoms with van der Waals surface area (Å²) in [6.07, 6.45) is 5.86. The summed E-state index contributed by atoms with van der Waals surface area (Å²) in [5.74, 6) is -0.368. The molecule has 0 aromatic carbocycles. The number of aliphatic imine (C=N–C) groups is 1. The number of fused-ring (bicyclic) bond motifs is 1. The van der Waals surface area contributed by atoms with Crippen molar-refractivity contribution in [3.8, 4) is 0 Å². The predicted octanol–water partition coefficient (Wildman–Crippen LogP) is 0.0269. The molecule has 0 spiro atoms. The van der Waals surface area contributed by atoms with Gasteiger partial charge in [-0.2, -0.15) is 0 Å². The van der Waals surface area contributed by atoms with Gasteiger partial charge in [0.1, 0.15) is 12.1 Å². The van der Waals surface area contributed by atoms with Crippen LogP contribution in [0.5, 0.6) is 0 Å². The number of hydrogen-bond acceptors (Lipinski definition) is 5. The molecule has 1 fully saturated rings. The van der Waals surface area contributed by atoms with Crippen LogP contribution in [0, 0.1) is 18.8 Å². The topological polar surface area (TPSA) is 51.1 Å². The summed E-state index contributed by atoms with van der Waals surface area (Å²) in [4.78, 5) is 16.9. The second-order valence-corrected chi connectivity index (χ2v) is 4.03. The number of carbonyl (C=O) groups is 1. The highest BCUT2D eigenvalue weighted by atomic mass is 16.5. The summed E-state index contributed by atoms with van der Waals surface area (Å²) in [6, 6.07) is 0.481. The maximum atomic E-state index is 10.7. The molecule has 0 bridgehead atoms. The third-order valence-corrected chi connectivity index (χ3v) is 2.46. The fourth-order valence-corrected chi connectivity index (χ4v) is 1.66. The molecule has 3 atom stereocenters. The molecular formula is C11H14N2O3. The second-order valence-electron chi connectivity index (χ2n) is 4.03. The van der Waals surface area contributed by atoms with Crippen LogP contribution in [-0.2, 0) is 14.3 Å². The number of hydrogen-bond donors (Lipinski definition) is 0. The van der Waals surface area contributed by atoms with Crippen LogP contribution in [0.4, 0.5) is 0 Å². The third kappa shape index (κ3) is 2.13. The van der Waals surface area contributed by atoms with Gasteiger partial charge in [0.2, 0.25) is 0 Å². The van der Waals surface area contributed by atoms with E-state index in [1.54, 1.807) is 0 Å². The van der Waals surface area contributed by atoms with Gasteiger partial charge in [0, 0.05) is 39.8 Å². The van der Waals surface area contributed by atoms with Crippen molar-refractivity contribution < 1.29 is 14.3 Å². The first-order valence-electron chi connectivity index (χ1n) is 5.14. The van der Waals surface area contributed by atoms with E-state index in [0.29, 0.717) is 6.02 Å². The van der Waals surface area contributed by atoms with E-state index >= 15 is 0 Å². The van der Waals surface area contributed by atoms with Crippen molar-refractivity contribution in [1.82, 2.24) is 4.90 Å². The minimum absolute atomic E-state index is 0.0740. The summed E-state index contributed by atoms with van der Waals surface area (Å²) in [7, 11) is 3.74. The molecule has 1 aliphatic heterocycles. The summed E-state index contributed by atoms with van der Waals surface area (Å²) in [5, 5.41) is 0. The van der Waals surface area contributed by atoms with Crippen LogP contribution in [0.2, 0.25) is 0 Å². The summed E-state index contributed by atoms with van der Waals surface area (Å²) in [6.45, 7) is 1.66. The molecule has 0 saturated heterocycles. The normalized spacial score (nSPS) is 31.7. The van der Waals surface area contributed by atoms with E-state index in [1.807, 2.05) is 19.0 Å². The SMILES string of the molecule is CC(=O)OC[C@@H]1[C][C][C@@H]2N=C(N(C)C)O[C@H]21. The maximum absolute atomic E-state index is 10.7. The molecule has 2 aliphatic rings. The van der Waals surface area contributed by atoms with Gasteiger partial charge in [-0.25, -0.2) is 4.99 Å². The van der Waals surface area contributed by atoms with Gasteiger partial charge in [0.15, 0.2) is 0 Å². The van der Waals surface area contributed by atoms with Crippen molar-refractivity contribution in [3.05, 3.63) is 12.8 Å². The predicted molar refractivity (Wildman–Crippen MR) is 56.4 cm³/mol. The largest absolute Gasteiger partial charge is 0.465 e. The van der Waals surface area contributed by atoms with Crippen LogP contribution in [0.25, 0.3) is 0 Å². The van der Waals surface area contributed by atoms with Crippen molar-refractivity contribution >= 4 is 12.0 Å². The Morgan fingerprint density at radius 2 is 2.31 bits per heavy atom. The Bertz CT molecular complexity index is 314. The first kappa shape index (κ1) is 11.2. The van der Waals surface area contributed by atoms with Gasteiger partial charge in [-0.15, -0.1) is 0 Å². The van der Waals surface area contributed by atoms with Gasteiger partial charge >= 0.3 is 5.97 Å². The molecule has 0 aromatic heterocycles. The average molecular weight is 222 g/mol. The maximum Gasteiger partial charge on any atom is 0.302 e. The minimum atomic E-state index is -0.294. The van der Waals surface area contributed by atoms with Crippen LogP contribution in [-0.4, -0.2) is 49.7 Å². The lowest BCUT2D eigenvalue weighted by Gasteiger charge is -2.19. The van der Waals surface area contributed by atoms with Gasteiger partial charge in [0.05, 0.1) is 6.61 Å². The molecule has 0 amide bonds. The average Bonchev–Trinajstić information content (AvgIpc) is 2.73. The first-order chi connectivity index (χ1) is 7.58. The quantitative estimate of drug-likeness (QED) is 0.618. The van der Waals surface area contributed by atoms with E-state index in [1.165, 1.54) is 6.92 Å². The van der Waals surface area contributed by atoms with Crippen molar-refractivity contribution in [2.45, 2.75) is 19.1 Å². The number of carbonyl (C=O) groups excluding carboxylic acids is 1.